The van der Waals surface area contributed by atoms with Gasteiger partial charge in [-0.1, -0.05) is 0 Å². The molecule has 0 radical (unpaired) electrons. The molecule has 2 rings (SSSR count). The van der Waals surface area contributed by atoms with Crippen molar-refractivity contribution in [1.82, 2.24) is 9.21 Å². The lowest BCUT2D eigenvalue weighted by atomic mass is 10.0. The molecule has 1 atom stereocenters. The Labute approximate surface area is 112 Å². The molecule has 2 saturated heterocycles. The van der Waals surface area contributed by atoms with E-state index >= 15 is 0 Å². The first-order valence-corrected chi connectivity index (χ1v) is 8.03. The molecule has 0 bridgehead atoms. The molecule has 19 heavy (non-hydrogen) atoms. The van der Waals surface area contributed by atoms with Crippen molar-refractivity contribution in [2.75, 3.05) is 25.4 Å². The van der Waals surface area contributed by atoms with Gasteiger partial charge < -0.3 is 10.0 Å². The highest BCUT2D eigenvalue weighted by Gasteiger charge is 2.36. The smallest absolute Gasteiger partial charge is 0.326 e. The molecule has 2 heterocycles. The van der Waals surface area contributed by atoms with Crippen LogP contribution in [0.25, 0.3) is 0 Å². The minimum Gasteiger partial charge on any atom is -0.480 e. The third-order valence-corrected chi connectivity index (χ3v) is 5.53. The first kappa shape index (κ1) is 14.3. The molecule has 8 heteroatoms. The van der Waals surface area contributed by atoms with E-state index in [1.807, 2.05) is 0 Å². The van der Waals surface area contributed by atoms with Gasteiger partial charge in [0.25, 0.3) is 0 Å². The van der Waals surface area contributed by atoms with Gasteiger partial charge in [0, 0.05) is 13.1 Å². The van der Waals surface area contributed by atoms with E-state index in [4.69, 9.17) is 5.11 Å². The Balaban J connectivity index is 2.04. The molecule has 1 unspecified atom stereocenters. The van der Waals surface area contributed by atoms with E-state index < -0.39 is 27.9 Å². The maximum absolute atomic E-state index is 12.1. The second-order valence-corrected chi connectivity index (χ2v) is 7.03. The van der Waals surface area contributed by atoms with Crippen LogP contribution in [-0.4, -0.2) is 66.0 Å². The number of carbonyl (C=O) groups excluding carboxylic acids is 1. The Bertz CT molecular complexity index is 475. The average Bonchev–Trinajstić information content (AvgIpc) is 2.68. The zero-order valence-corrected chi connectivity index (χ0v) is 11.4. The molecule has 1 N–H and O–H groups in total. The lowest BCUT2D eigenvalue weighted by Crippen LogP contribution is -2.51. The number of aliphatic carboxylic acids is 1. The standard InChI is InChI=1S/C11H18N2O5S/c14-10(8-12-5-3-7-19(12,17)18)13-6-2-1-4-9(13)11(15)16/h9H,1-8H2,(H,15,16). The Morgan fingerprint density at radius 2 is 1.89 bits per heavy atom. The summed E-state index contributed by atoms with van der Waals surface area (Å²) >= 11 is 0. The number of amides is 1. The van der Waals surface area contributed by atoms with E-state index in [1.54, 1.807) is 0 Å². The Morgan fingerprint density at radius 3 is 2.47 bits per heavy atom. The summed E-state index contributed by atoms with van der Waals surface area (Å²) in [6.45, 7) is 0.509. The molecule has 0 aromatic carbocycles. The molecule has 2 aliphatic rings. The number of carboxylic acid groups (broad SMARTS) is 1. The van der Waals surface area contributed by atoms with Gasteiger partial charge in [0.2, 0.25) is 15.9 Å². The highest BCUT2D eigenvalue weighted by molar-refractivity contribution is 7.89. The van der Waals surface area contributed by atoms with Gasteiger partial charge in [0.15, 0.2) is 0 Å². The van der Waals surface area contributed by atoms with Crippen molar-refractivity contribution >= 4 is 21.9 Å². The second-order valence-electron chi connectivity index (χ2n) is 4.94. The second kappa shape index (κ2) is 5.46. The predicted molar refractivity (Wildman–Crippen MR) is 67.0 cm³/mol. The maximum Gasteiger partial charge on any atom is 0.326 e. The predicted octanol–water partition coefficient (Wildman–Crippen LogP) is -0.512. The summed E-state index contributed by atoms with van der Waals surface area (Å²) in [4.78, 5) is 24.5. The number of hydrogen-bond acceptors (Lipinski definition) is 4. The molecule has 0 spiro atoms. The normalized spacial score (nSPS) is 27.4. The van der Waals surface area contributed by atoms with Crippen LogP contribution in [0.4, 0.5) is 0 Å². The molecular weight excluding hydrogens is 272 g/mol. The fraction of sp³-hybridized carbons (Fsp3) is 0.818. The van der Waals surface area contributed by atoms with Crippen LogP contribution in [0.5, 0.6) is 0 Å². The Kier molecular flexibility index (Phi) is 4.10. The number of likely N-dealkylation sites (tertiary alicyclic amines) is 1. The molecular formula is C11H18N2O5S. The van der Waals surface area contributed by atoms with Gasteiger partial charge >= 0.3 is 5.97 Å². The number of hydrogen-bond donors (Lipinski definition) is 1. The zero-order valence-electron chi connectivity index (χ0n) is 10.6. The Hall–Kier alpha value is -1.15. The maximum atomic E-state index is 12.1. The topological polar surface area (TPSA) is 95.0 Å². The summed E-state index contributed by atoms with van der Waals surface area (Å²) in [6, 6.07) is -0.813. The van der Waals surface area contributed by atoms with E-state index in [1.165, 1.54) is 4.90 Å². The summed E-state index contributed by atoms with van der Waals surface area (Å²) < 4.78 is 24.4. The first-order chi connectivity index (χ1) is 8.92. The summed E-state index contributed by atoms with van der Waals surface area (Å²) in [6.07, 6.45) is 2.51. The highest BCUT2D eigenvalue weighted by atomic mass is 32.2. The monoisotopic (exact) mass is 290 g/mol. The van der Waals surface area contributed by atoms with Crippen molar-refractivity contribution in [1.29, 1.82) is 0 Å². The molecule has 7 nitrogen and oxygen atoms in total. The van der Waals surface area contributed by atoms with E-state index in [2.05, 4.69) is 0 Å². The minimum atomic E-state index is -3.32. The van der Waals surface area contributed by atoms with Crippen molar-refractivity contribution in [2.45, 2.75) is 31.7 Å². The lowest BCUT2D eigenvalue weighted by Gasteiger charge is -2.33. The van der Waals surface area contributed by atoms with Crippen molar-refractivity contribution in [3.8, 4) is 0 Å². The van der Waals surface area contributed by atoms with Crippen LogP contribution in [-0.2, 0) is 19.6 Å². The van der Waals surface area contributed by atoms with Crippen LogP contribution >= 0.6 is 0 Å². The fourth-order valence-corrected chi connectivity index (χ4v) is 4.06. The van der Waals surface area contributed by atoms with Gasteiger partial charge in [-0.2, -0.15) is 4.31 Å². The molecule has 0 aromatic heterocycles. The molecule has 2 fully saturated rings. The SMILES string of the molecule is O=C(O)C1CCCCN1C(=O)CN1CCCS1(=O)=O. The van der Waals surface area contributed by atoms with Crippen molar-refractivity contribution < 1.29 is 23.1 Å². The van der Waals surface area contributed by atoms with Gasteiger partial charge in [0.05, 0.1) is 12.3 Å². The minimum absolute atomic E-state index is 0.0721. The van der Waals surface area contributed by atoms with E-state index in [0.29, 0.717) is 25.9 Å². The molecule has 1 amide bonds. The first-order valence-electron chi connectivity index (χ1n) is 6.42. The molecule has 2 aliphatic heterocycles. The molecule has 0 aliphatic carbocycles. The third-order valence-electron chi connectivity index (χ3n) is 3.62. The van der Waals surface area contributed by atoms with Crippen molar-refractivity contribution in [3.63, 3.8) is 0 Å². The van der Waals surface area contributed by atoms with Crippen LogP contribution < -0.4 is 0 Å². The summed E-state index contributed by atoms with van der Waals surface area (Å²) in [5.41, 5.74) is 0. The van der Waals surface area contributed by atoms with Gasteiger partial charge in [-0.25, -0.2) is 13.2 Å². The van der Waals surface area contributed by atoms with Crippen LogP contribution in [0.1, 0.15) is 25.7 Å². The fourth-order valence-electron chi connectivity index (χ4n) is 2.60. The van der Waals surface area contributed by atoms with Crippen molar-refractivity contribution in [2.24, 2.45) is 0 Å². The summed E-state index contributed by atoms with van der Waals surface area (Å²) in [5, 5.41) is 9.10. The third kappa shape index (κ3) is 3.06. The summed E-state index contributed by atoms with van der Waals surface area (Å²) in [7, 11) is -3.32. The van der Waals surface area contributed by atoms with Crippen LogP contribution in [0.2, 0.25) is 0 Å². The Morgan fingerprint density at radius 1 is 1.16 bits per heavy atom. The van der Waals surface area contributed by atoms with Crippen LogP contribution in [0.15, 0.2) is 0 Å². The van der Waals surface area contributed by atoms with Crippen LogP contribution in [0, 0.1) is 0 Å². The number of carbonyl (C=O) groups is 2. The van der Waals surface area contributed by atoms with Gasteiger partial charge in [-0.3, -0.25) is 4.79 Å². The lowest BCUT2D eigenvalue weighted by molar-refractivity contribution is -0.152. The van der Waals surface area contributed by atoms with Crippen LogP contribution in [0.3, 0.4) is 0 Å². The number of rotatable bonds is 3. The average molecular weight is 290 g/mol. The van der Waals surface area contributed by atoms with E-state index in [9.17, 15) is 18.0 Å². The van der Waals surface area contributed by atoms with Gasteiger partial charge in [-0.15, -0.1) is 0 Å². The van der Waals surface area contributed by atoms with Crippen molar-refractivity contribution in [3.05, 3.63) is 0 Å². The van der Waals surface area contributed by atoms with E-state index in [-0.39, 0.29) is 12.3 Å². The van der Waals surface area contributed by atoms with E-state index in [0.717, 1.165) is 17.1 Å². The largest absolute Gasteiger partial charge is 0.480 e. The number of nitrogens with zero attached hydrogens (tertiary/aromatic N) is 2. The number of sulfonamides is 1. The number of carboxylic acids is 1. The highest BCUT2D eigenvalue weighted by Crippen LogP contribution is 2.19. The molecule has 0 saturated carbocycles. The van der Waals surface area contributed by atoms with Gasteiger partial charge in [0.1, 0.15) is 6.04 Å². The number of piperidine rings is 1. The zero-order chi connectivity index (χ0) is 14.0. The summed E-state index contributed by atoms with van der Waals surface area (Å²) in [5.74, 6) is -1.35. The van der Waals surface area contributed by atoms with Gasteiger partial charge in [-0.05, 0) is 25.7 Å². The quantitative estimate of drug-likeness (QED) is 0.755. The molecule has 108 valence electrons. The molecule has 0 aromatic rings.